The number of nitrogens with one attached hydrogen (secondary N) is 1. The van der Waals surface area contributed by atoms with Gasteiger partial charge in [-0.05, 0) is 74.8 Å². The van der Waals surface area contributed by atoms with Gasteiger partial charge in [0.25, 0.3) is 5.91 Å². The van der Waals surface area contributed by atoms with E-state index in [0.29, 0.717) is 22.7 Å². The first-order valence-electron chi connectivity index (χ1n) is 9.21. The highest BCUT2D eigenvalue weighted by molar-refractivity contribution is 7.17. The third-order valence-electron chi connectivity index (χ3n) is 4.81. The second-order valence-electron chi connectivity index (χ2n) is 6.80. The van der Waals surface area contributed by atoms with Crippen molar-refractivity contribution in [2.75, 3.05) is 11.9 Å². The van der Waals surface area contributed by atoms with Gasteiger partial charge in [0.1, 0.15) is 5.00 Å². The number of rotatable bonds is 5. The van der Waals surface area contributed by atoms with Gasteiger partial charge < -0.3 is 10.1 Å². The van der Waals surface area contributed by atoms with E-state index in [1.54, 1.807) is 0 Å². The number of thiophene rings is 1. The van der Waals surface area contributed by atoms with Gasteiger partial charge in [0, 0.05) is 10.4 Å². The molecule has 0 radical (unpaired) electrons. The molecule has 1 aromatic carbocycles. The average Bonchev–Trinajstić information content (AvgIpc) is 2.99. The normalized spacial score (nSPS) is 13.2. The molecule has 1 heterocycles. The van der Waals surface area contributed by atoms with Crippen LogP contribution >= 0.6 is 11.3 Å². The quantitative estimate of drug-likeness (QED) is 0.747. The molecule has 1 aromatic heterocycles. The van der Waals surface area contributed by atoms with Crippen LogP contribution in [-0.4, -0.2) is 18.5 Å². The third kappa shape index (κ3) is 3.83. The lowest BCUT2D eigenvalue weighted by atomic mass is 9.95. The van der Waals surface area contributed by atoms with Crippen molar-refractivity contribution in [3.63, 3.8) is 0 Å². The minimum absolute atomic E-state index is 0.184. The molecule has 0 atom stereocenters. The number of benzene rings is 1. The summed E-state index contributed by atoms with van der Waals surface area (Å²) in [7, 11) is 0. The highest BCUT2D eigenvalue weighted by atomic mass is 32.1. The van der Waals surface area contributed by atoms with Gasteiger partial charge in [0.15, 0.2) is 0 Å². The topological polar surface area (TPSA) is 55.4 Å². The molecular weight excluding hydrogens is 346 g/mol. The smallest absolute Gasteiger partial charge is 0.341 e. The average molecular weight is 372 g/mol. The Morgan fingerprint density at radius 1 is 1.15 bits per heavy atom. The second kappa shape index (κ2) is 8.04. The zero-order valence-electron chi connectivity index (χ0n) is 15.6. The van der Waals surface area contributed by atoms with E-state index in [1.165, 1.54) is 16.2 Å². The number of hydrogen-bond acceptors (Lipinski definition) is 4. The fourth-order valence-corrected chi connectivity index (χ4v) is 4.47. The van der Waals surface area contributed by atoms with E-state index < -0.39 is 0 Å². The van der Waals surface area contributed by atoms with E-state index in [9.17, 15) is 9.59 Å². The Labute approximate surface area is 158 Å². The molecule has 0 spiro atoms. The van der Waals surface area contributed by atoms with Crippen LogP contribution in [-0.2, 0) is 17.6 Å². The van der Waals surface area contributed by atoms with Crippen LogP contribution in [0, 0.1) is 13.8 Å². The van der Waals surface area contributed by atoms with E-state index in [0.717, 1.165) is 48.8 Å². The number of hydrogen-bond donors (Lipinski definition) is 1. The molecule has 138 valence electrons. The number of esters is 1. The van der Waals surface area contributed by atoms with Gasteiger partial charge in [-0.3, -0.25) is 4.79 Å². The number of carbonyl (C=O) groups excluding carboxylic acids is 2. The van der Waals surface area contributed by atoms with Gasteiger partial charge in [0.05, 0.1) is 12.2 Å². The highest BCUT2D eigenvalue weighted by Gasteiger charge is 2.27. The Kier molecular flexibility index (Phi) is 5.77. The summed E-state index contributed by atoms with van der Waals surface area (Å²) >= 11 is 1.52. The van der Waals surface area contributed by atoms with Crippen LogP contribution < -0.4 is 5.32 Å². The van der Waals surface area contributed by atoms with Crippen molar-refractivity contribution >= 4 is 28.2 Å². The molecule has 1 amide bonds. The molecule has 4 nitrogen and oxygen atoms in total. The predicted octanol–water partition coefficient (Wildman–Crippen LogP) is 5.06. The summed E-state index contributed by atoms with van der Waals surface area (Å²) in [4.78, 5) is 26.5. The zero-order valence-corrected chi connectivity index (χ0v) is 16.4. The van der Waals surface area contributed by atoms with E-state index >= 15 is 0 Å². The fourth-order valence-electron chi connectivity index (χ4n) is 3.19. The Balaban J connectivity index is 1.90. The Bertz CT molecular complexity index is 838. The van der Waals surface area contributed by atoms with Gasteiger partial charge in [-0.2, -0.15) is 0 Å². The lowest BCUT2D eigenvalue weighted by molar-refractivity contribution is 0.0505. The number of carbonyl (C=O) groups is 2. The number of fused-ring (bicyclic) bond motifs is 1. The summed E-state index contributed by atoms with van der Waals surface area (Å²) in [5.74, 6) is -0.502. The molecule has 3 rings (SSSR count). The number of anilines is 1. The van der Waals surface area contributed by atoms with Crippen LogP contribution in [0.4, 0.5) is 5.00 Å². The lowest BCUT2D eigenvalue weighted by Crippen LogP contribution is -2.16. The molecule has 2 aromatic rings. The molecule has 26 heavy (non-hydrogen) atoms. The minimum atomic E-state index is -0.318. The molecule has 0 fully saturated rings. The zero-order chi connectivity index (χ0) is 18.7. The molecular formula is C21H25NO3S. The summed E-state index contributed by atoms with van der Waals surface area (Å²) in [6.07, 6.45) is 4.82. The fraction of sp³-hybridized carbons (Fsp3) is 0.429. The maximum atomic E-state index is 12.7. The van der Waals surface area contributed by atoms with Crippen LogP contribution in [0.5, 0.6) is 0 Å². The largest absolute Gasteiger partial charge is 0.462 e. The summed E-state index contributed by atoms with van der Waals surface area (Å²) in [5, 5.41) is 3.59. The monoisotopic (exact) mass is 371 g/mol. The summed E-state index contributed by atoms with van der Waals surface area (Å²) < 4.78 is 5.38. The lowest BCUT2D eigenvalue weighted by Gasteiger charge is -2.12. The predicted molar refractivity (Wildman–Crippen MR) is 105 cm³/mol. The van der Waals surface area contributed by atoms with Crippen molar-refractivity contribution in [2.24, 2.45) is 0 Å². The maximum Gasteiger partial charge on any atom is 0.341 e. The Morgan fingerprint density at radius 3 is 2.65 bits per heavy atom. The van der Waals surface area contributed by atoms with Gasteiger partial charge in [-0.25, -0.2) is 4.79 Å². The van der Waals surface area contributed by atoms with Gasteiger partial charge >= 0.3 is 5.97 Å². The first-order chi connectivity index (χ1) is 12.5. The maximum absolute atomic E-state index is 12.7. The van der Waals surface area contributed by atoms with Crippen molar-refractivity contribution < 1.29 is 14.3 Å². The molecule has 0 saturated carbocycles. The Morgan fingerprint density at radius 2 is 1.92 bits per heavy atom. The molecule has 0 bridgehead atoms. The van der Waals surface area contributed by atoms with Crippen LogP contribution in [0.25, 0.3) is 0 Å². The van der Waals surface area contributed by atoms with E-state index in [1.807, 2.05) is 39.0 Å². The van der Waals surface area contributed by atoms with Gasteiger partial charge in [0.2, 0.25) is 0 Å². The summed E-state index contributed by atoms with van der Waals surface area (Å²) in [5.41, 5.74) is 4.46. The van der Waals surface area contributed by atoms with Gasteiger partial charge in [-0.15, -0.1) is 11.3 Å². The van der Waals surface area contributed by atoms with Crippen molar-refractivity contribution in [3.05, 3.63) is 50.9 Å². The molecule has 5 heteroatoms. The van der Waals surface area contributed by atoms with Crippen LogP contribution in [0.15, 0.2) is 18.2 Å². The first-order valence-corrected chi connectivity index (χ1v) is 10.0. The number of aryl methyl sites for hydroxylation is 3. The van der Waals surface area contributed by atoms with Crippen LogP contribution in [0.1, 0.15) is 68.5 Å². The standard InChI is InChI=1S/C21H25NO3S/c1-4-11-25-21(24)18-16-7-5-6-8-17(16)26-20(18)22-19(23)15-10-9-13(2)14(3)12-15/h9-10,12H,4-8,11H2,1-3H3,(H,22,23). The Hall–Kier alpha value is -2.14. The van der Waals surface area contributed by atoms with Gasteiger partial charge in [-0.1, -0.05) is 13.0 Å². The molecule has 0 unspecified atom stereocenters. The first kappa shape index (κ1) is 18.6. The summed E-state index contributed by atoms with van der Waals surface area (Å²) in [6, 6.07) is 5.65. The van der Waals surface area contributed by atoms with E-state index in [-0.39, 0.29) is 11.9 Å². The summed E-state index contributed by atoms with van der Waals surface area (Å²) in [6.45, 7) is 6.38. The number of amides is 1. The molecule has 1 aliphatic carbocycles. The SMILES string of the molecule is CCCOC(=O)c1c(NC(=O)c2ccc(C)c(C)c2)sc2c1CCCC2. The van der Waals surface area contributed by atoms with Crippen LogP contribution in [0.3, 0.4) is 0 Å². The molecule has 0 aliphatic heterocycles. The minimum Gasteiger partial charge on any atom is -0.462 e. The number of ether oxygens (including phenoxy) is 1. The molecule has 1 N–H and O–H groups in total. The van der Waals surface area contributed by atoms with Crippen LogP contribution in [0.2, 0.25) is 0 Å². The van der Waals surface area contributed by atoms with Crippen molar-refractivity contribution in [1.82, 2.24) is 0 Å². The molecule has 1 aliphatic rings. The third-order valence-corrected chi connectivity index (χ3v) is 6.02. The van der Waals surface area contributed by atoms with Crippen molar-refractivity contribution in [1.29, 1.82) is 0 Å². The molecule has 0 saturated heterocycles. The second-order valence-corrected chi connectivity index (χ2v) is 7.91. The van der Waals surface area contributed by atoms with Crippen molar-refractivity contribution in [3.8, 4) is 0 Å². The van der Waals surface area contributed by atoms with E-state index in [4.69, 9.17) is 4.74 Å². The highest BCUT2D eigenvalue weighted by Crippen LogP contribution is 2.38. The van der Waals surface area contributed by atoms with Crippen molar-refractivity contribution in [2.45, 2.75) is 52.9 Å². The van der Waals surface area contributed by atoms with E-state index in [2.05, 4.69) is 5.32 Å².